The summed E-state index contributed by atoms with van der Waals surface area (Å²) in [6.45, 7) is 2.42. The van der Waals surface area contributed by atoms with Gasteiger partial charge in [-0.25, -0.2) is 8.42 Å². The molecule has 2 unspecified atom stereocenters. The summed E-state index contributed by atoms with van der Waals surface area (Å²) >= 11 is 0. The van der Waals surface area contributed by atoms with Crippen molar-refractivity contribution in [2.75, 3.05) is 38.2 Å². The van der Waals surface area contributed by atoms with Crippen LogP contribution in [-0.4, -0.2) is 57.0 Å². The lowest BCUT2D eigenvalue weighted by Gasteiger charge is -2.30. The Labute approximate surface area is 122 Å². The van der Waals surface area contributed by atoms with Crippen LogP contribution in [0.15, 0.2) is 0 Å². The molecular formula is C14H25N3O2S. The third kappa shape index (κ3) is 3.51. The van der Waals surface area contributed by atoms with Crippen molar-refractivity contribution in [2.24, 2.45) is 5.92 Å². The van der Waals surface area contributed by atoms with Crippen LogP contribution in [0.1, 0.15) is 32.1 Å². The van der Waals surface area contributed by atoms with Gasteiger partial charge >= 0.3 is 0 Å². The van der Waals surface area contributed by atoms with Crippen LogP contribution in [0.25, 0.3) is 0 Å². The molecule has 1 saturated heterocycles. The number of sulfone groups is 1. The lowest BCUT2D eigenvalue weighted by molar-refractivity contribution is 0.238. The summed E-state index contributed by atoms with van der Waals surface area (Å²) in [6, 6.07) is 2.46. The van der Waals surface area contributed by atoms with Crippen molar-refractivity contribution in [3.8, 4) is 6.07 Å². The molecule has 1 heterocycles. The largest absolute Gasteiger partial charge is 0.302 e. The van der Waals surface area contributed by atoms with Gasteiger partial charge in [0.1, 0.15) is 5.54 Å². The first-order valence-electron chi connectivity index (χ1n) is 7.54. The summed E-state index contributed by atoms with van der Waals surface area (Å²) in [5.41, 5.74) is -0.363. The highest BCUT2D eigenvalue weighted by molar-refractivity contribution is 7.91. The molecule has 0 amide bonds. The fourth-order valence-electron chi connectivity index (χ4n) is 3.55. The number of nitrogens with zero attached hydrogens (tertiary/aromatic N) is 2. The first-order valence-corrected chi connectivity index (χ1v) is 9.36. The minimum Gasteiger partial charge on any atom is -0.302 e. The normalized spacial score (nSPS) is 34.5. The summed E-state index contributed by atoms with van der Waals surface area (Å²) < 4.78 is 23.2. The summed E-state index contributed by atoms with van der Waals surface area (Å²) in [7, 11) is -0.953. The molecule has 0 aromatic rings. The lowest BCUT2D eigenvalue weighted by atomic mass is 9.86. The Morgan fingerprint density at radius 3 is 2.85 bits per heavy atom. The fourth-order valence-corrected chi connectivity index (χ4v) is 4.86. The van der Waals surface area contributed by atoms with Crippen LogP contribution in [0.3, 0.4) is 0 Å². The smallest absolute Gasteiger partial charge is 0.151 e. The highest BCUT2D eigenvalue weighted by Crippen LogP contribution is 2.37. The van der Waals surface area contributed by atoms with E-state index >= 15 is 0 Å². The van der Waals surface area contributed by atoms with Gasteiger partial charge in [-0.1, -0.05) is 6.42 Å². The molecule has 2 fully saturated rings. The van der Waals surface area contributed by atoms with Gasteiger partial charge in [0.25, 0.3) is 0 Å². The van der Waals surface area contributed by atoms with E-state index in [1.165, 1.54) is 0 Å². The van der Waals surface area contributed by atoms with Crippen molar-refractivity contribution in [1.82, 2.24) is 10.2 Å². The number of nitriles is 1. The number of hydrogen-bond acceptors (Lipinski definition) is 5. The quantitative estimate of drug-likeness (QED) is 0.830. The molecule has 1 N–H and O–H groups in total. The highest BCUT2D eigenvalue weighted by Gasteiger charge is 2.41. The Morgan fingerprint density at radius 2 is 2.15 bits per heavy atom. The average molecular weight is 299 g/mol. The molecule has 20 heavy (non-hydrogen) atoms. The summed E-state index contributed by atoms with van der Waals surface area (Å²) in [5, 5.41) is 12.6. The lowest BCUT2D eigenvalue weighted by Crippen LogP contribution is -2.46. The molecule has 2 rings (SSSR count). The molecule has 2 aliphatic rings. The molecule has 1 aliphatic heterocycles. The average Bonchev–Trinajstić information content (AvgIpc) is 2.76. The van der Waals surface area contributed by atoms with Crippen LogP contribution < -0.4 is 5.32 Å². The molecule has 1 saturated carbocycles. The van der Waals surface area contributed by atoms with Gasteiger partial charge in [0.15, 0.2) is 9.84 Å². The van der Waals surface area contributed by atoms with Crippen LogP contribution in [0.2, 0.25) is 0 Å². The fraction of sp³-hybridized carbons (Fsp3) is 0.929. The van der Waals surface area contributed by atoms with Gasteiger partial charge in [-0.3, -0.25) is 0 Å². The second kappa shape index (κ2) is 6.42. The molecular weight excluding hydrogens is 274 g/mol. The molecule has 0 radical (unpaired) electrons. The Balaban J connectivity index is 1.88. The van der Waals surface area contributed by atoms with Crippen molar-refractivity contribution in [1.29, 1.82) is 5.26 Å². The maximum absolute atomic E-state index is 11.6. The van der Waals surface area contributed by atoms with Gasteiger partial charge in [-0.05, 0) is 51.7 Å². The van der Waals surface area contributed by atoms with Gasteiger partial charge in [-0.15, -0.1) is 0 Å². The van der Waals surface area contributed by atoms with Crippen LogP contribution >= 0.6 is 0 Å². The molecule has 2 atom stereocenters. The Hall–Kier alpha value is -0.640. The zero-order valence-electron chi connectivity index (χ0n) is 12.3. The molecule has 0 bridgehead atoms. The summed E-state index contributed by atoms with van der Waals surface area (Å²) in [5.74, 6) is 0.996. The second-order valence-electron chi connectivity index (χ2n) is 6.06. The van der Waals surface area contributed by atoms with Crippen LogP contribution in [-0.2, 0) is 9.84 Å². The molecule has 114 valence electrons. The van der Waals surface area contributed by atoms with Crippen LogP contribution in [0, 0.1) is 17.2 Å². The zero-order chi connectivity index (χ0) is 14.6. The Kier molecular flexibility index (Phi) is 5.05. The maximum Gasteiger partial charge on any atom is 0.151 e. The van der Waals surface area contributed by atoms with Gasteiger partial charge < -0.3 is 10.2 Å². The Morgan fingerprint density at radius 1 is 1.35 bits per heavy atom. The van der Waals surface area contributed by atoms with E-state index in [2.05, 4.69) is 16.3 Å². The van der Waals surface area contributed by atoms with Gasteiger partial charge in [0.05, 0.1) is 17.6 Å². The predicted octanol–water partition coefficient (Wildman–Crippen LogP) is 0.779. The van der Waals surface area contributed by atoms with Crippen molar-refractivity contribution in [2.45, 2.75) is 37.6 Å². The third-order valence-electron chi connectivity index (χ3n) is 4.91. The zero-order valence-corrected chi connectivity index (χ0v) is 13.1. The van der Waals surface area contributed by atoms with Gasteiger partial charge in [0, 0.05) is 6.54 Å². The second-order valence-corrected chi connectivity index (χ2v) is 8.36. The molecule has 0 aromatic heterocycles. The maximum atomic E-state index is 11.6. The van der Waals surface area contributed by atoms with E-state index in [1.807, 2.05) is 7.05 Å². The van der Waals surface area contributed by atoms with E-state index in [-0.39, 0.29) is 11.3 Å². The Bertz CT molecular complexity index is 471. The van der Waals surface area contributed by atoms with E-state index in [4.69, 9.17) is 0 Å². The third-order valence-corrected chi connectivity index (χ3v) is 6.62. The van der Waals surface area contributed by atoms with E-state index < -0.39 is 9.84 Å². The van der Waals surface area contributed by atoms with Crippen molar-refractivity contribution in [3.63, 3.8) is 0 Å². The summed E-state index contributed by atoms with van der Waals surface area (Å²) in [6.07, 6.45) is 4.85. The van der Waals surface area contributed by atoms with E-state index in [0.717, 1.165) is 45.2 Å². The number of hydrogen-bond donors (Lipinski definition) is 1. The number of rotatable bonds is 4. The number of nitrogens with one attached hydrogen (secondary N) is 1. The predicted molar refractivity (Wildman–Crippen MR) is 79.1 cm³/mol. The van der Waals surface area contributed by atoms with E-state index in [1.54, 1.807) is 0 Å². The molecule has 0 spiro atoms. The van der Waals surface area contributed by atoms with Crippen LogP contribution in [0.5, 0.6) is 0 Å². The molecule has 0 aromatic carbocycles. The minimum absolute atomic E-state index is 0.285. The first-order chi connectivity index (χ1) is 9.51. The van der Waals surface area contributed by atoms with Gasteiger partial charge in [0.2, 0.25) is 0 Å². The summed E-state index contributed by atoms with van der Waals surface area (Å²) in [4.78, 5) is 2.25. The van der Waals surface area contributed by atoms with Crippen molar-refractivity contribution in [3.05, 3.63) is 0 Å². The molecule has 1 aliphatic carbocycles. The topological polar surface area (TPSA) is 73.2 Å². The minimum atomic E-state index is -2.83. The van der Waals surface area contributed by atoms with E-state index in [9.17, 15) is 13.7 Å². The van der Waals surface area contributed by atoms with Crippen LogP contribution in [0.4, 0.5) is 0 Å². The standard InChI is InChI=1S/C14H25N3O2S/c1-16-14(12-15)6-2-4-13(14)5-8-17-7-3-10-20(18,19)11-9-17/h13,16H,2-11H2,1H3. The molecule has 6 heteroatoms. The molecule has 5 nitrogen and oxygen atoms in total. The van der Waals surface area contributed by atoms with E-state index in [0.29, 0.717) is 18.2 Å². The first kappa shape index (κ1) is 15.7. The highest BCUT2D eigenvalue weighted by atomic mass is 32.2. The SMILES string of the molecule is CNC1(C#N)CCCC1CCN1CCCS(=O)(=O)CC1. The van der Waals surface area contributed by atoms with Crippen molar-refractivity contribution < 1.29 is 8.42 Å². The van der Waals surface area contributed by atoms with Crippen molar-refractivity contribution >= 4 is 9.84 Å². The van der Waals surface area contributed by atoms with Gasteiger partial charge in [-0.2, -0.15) is 5.26 Å². The monoisotopic (exact) mass is 299 g/mol.